The molecule has 0 spiro atoms. The van der Waals surface area contributed by atoms with Crippen molar-refractivity contribution >= 4 is 11.8 Å². The molecule has 2 amide bonds. The molecule has 31 heavy (non-hydrogen) atoms. The summed E-state index contributed by atoms with van der Waals surface area (Å²) >= 11 is 0. The number of hydrogen-bond donors (Lipinski definition) is 0. The van der Waals surface area contributed by atoms with E-state index in [1.807, 2.05) is 40.1 Å². The summed E-state index contributed by atoms with van der Waals surface area (Å²) in [4.78, 5) is 35.9. The van der Waals surface area contributed by atoms with Gasteiger partial charge in [-0.2, -0.15) is 0 Å². The zero-order valence-electron chi connectivity index (χ0n) is 18.3. The van der Waals surface area contributed by atoms with Crippen LogP contribution in [0.25, 0.3) is 11.3 Å². The topological polar surface area (TPSA) is 69.9 Å². The van der Waals surface area contributed by atoms with Crippen molar-refractivity contribution in [3.63, 3.8) is 0 Å². The third-order valence-corrected chi connectivity index (χ3v) is 6.41. The third-order valence-electron chi connectivity index (χ3n) is 6.41. The molecule has 1 aromatic carbocycles. The van der Waals surface area contributed by atoms with Crippen LogP contribution in [-0.4, -0.2) is 77.8 Å². The summed E-state index contributed by atoms with van der Waals surface area (Å²) < 4.78 is 5.82. The maximum atomic E-state index is 12.8. The Labute approximate surface area is 184 Å². The molecule has 0 aliphatic carbocycles. The fraction of sp³-hybridized carbons (Fsp3) is 0.542. The Morgan fingerprint density at radius 3 is 2.42 bits per heavy atom. The molecule has 0 unspecified atom stereocenters. The number of likely N-dealkylation sites (N-methyl/N-ethyl adjacent to an activating group) is 1. The van der Waals surface area contributed by atoms with E-state index in [4.69, 9.17) is 4.42 Å². The van der Waals surface area contributed by atoms with Gasteiger partial charge in [0.25, 0.3) is 0 Å². The van der Waals surface area contributed by atoms with Gasteiger partial charge in [-0.3, -0.25) is 9.59 Å². The fourth-order valence-electron chi connectivity index (χ4n) is 4.37. The molecule has 166 valence electrons. The van der Waals surface area contributed by atoms with Crippen molar-refractivity contribution in [2.24, 2.45) is 5.92 Å². The maximum absolute atomic E-state index is 12.8. The molecule has 2 aliphatic heterocycles. The van der Waals surface area contributed by atoms with Gasteiger partial charge in [-0.15, -0.1) is 0 Å². The van der Waals surface area contributed by atoms with Gasteiger partial charge in [0.1, 0.15) is 0 Å². The summed E-state index contributed by atoms with van der Waals surface area (Å²) in [6.45, 7) is 4.89. The van der Waals surface area contributed by atoms with E-state index in [2.05, 4.69) is 16.9 Å². The number of amides is 2. The molecule has 0 bridgehead atoms. The van der Waals surface area contributed by atoms with Crippen molar-refractivity contribution in [2.45, 2.75) is 32.1 Å². The first kappa shape index (κ1) is 21.6. The summed E-state index contributed by atoms with van der Waals surface area (Å²) in [5.41, 5.74) is 1.01. The van der Waals surface area contributed by atoms with E-state index in [1.54, 1.807) is 6.20 Å². The first-order valence-electron chi connectivity index (χ1n) is 11.4. The van der Waals surface area contributed by atoms with E-state index in [0.717, 1.165) is 50.3 Å². The predicted molar refractivity (Wildman–Crippen MR) is 118 cm³/mol. The van der Waals surface area contributed by atoms with Gasteiger partial charge in [-0.25, -0.2) is 4.98 Å². The molecule has 4 rings (SSSR count). The Morgan fingerprint density at radius 1 is 1.00 bits per heavy atom. The molecule has 0 radical (unpaired) electrons. The summed E-state index contributed by atoms with van der Waals surface area (Å²) in [6, 6.07) is 9.89. The first-order chi connectivity index (χ1) is 15.1. The van der Waals surface area contributed by atoms with E-state index >= 15 is 0 Å². The van der Waals surface area contributed by atoms with Gasteiger partial charge in [-0.1, -0.05) is 30.3 Å². The van der Waals surface area contributed by atoms with E-state index in [0.29, 0.717) is 38.2 Å². The lowest BCUT2D eigenvalue weighted by Gasteiger charge is -2.37. The summed E-state index contributed by atoms with van der Waals surface area (Å²) in [5, 5.41) is 0. The number of oxazole rings is 1. The SMILES string of the molecule is CN1CCN(C(=O)C2CCN(C(=O)CCCc3ncc(-c4ccccc4)o3)CC2)CC1. The largest absolute Gasteiger partial charge is 0.441 e. The molecule has 3 heterocycles. The Hall–Kier alpha value is -2.67. The highest BCUT2D eigenvalue weighted by atomic mass is 16.4. The van der Waals surface area contributed by atoms with Gasteiger partial charge < -0.3 is 19.1 Å². The van der Waals surface area contributed by atoms with Crippen molar-refractivity contribution in [3.05, 3.63) is 42.4 Å². The highest BCUT2D eigenvalue weighted by Gasteiger charge is 2.31. The Morgan fingerprint density at radius 2 is 1.71 bits per heavy atom. The molecule has 2 aromatic rings. The average Bonchev–Trinajstić information content (AvgIpc) is 3.29. The Bertz CT molecular complexity index is 866. The first-order valence-corrected chi connectivity index (χ1v) is 11.4. The number of nitrogens with zero attached hydrogens (tertiary/aromatic N) is 4. The molecule has 0 saturated carbocycles. The predicted octanol–water partition coefficient (Wildman–Crippen LogP) is 2.68. The number of aryl methyl sites for hydroxylation is 1. The second kappa shape index (κ2) is 10.1. The molecule has 7 heteroatoms. The molecule has 1 aromatic heterocycles. The zero-order valence-corrected chi connectivity index (χ0v) is 18.3. The van der Waals surface area contributed by atoms with Crippen LogP contribution in [-0.2, 0) is 16.0 Å². The van der Waals surface area contributed by atoms with Gasteiger partial charge in [0.15, 0.2) is 11.7 Å². The Kier molecular flexibility index (Phi) is 7.02. The minimum atomic E-state index is 0.0659. The van der Waals surface area contributed by atoms with Crippen LogP contribution < -0.4 is 0 Å². The van der Waals surface area contributed by atoms with E-state index in [1.165, 1.54) is 0 Å². The van der Waals surface area contributed by atoms with Crippen LogP contribution in [0.4, 0.5) is 0 Å². The number of carbonyl (C=O) groups is 2. The molecule has 2 fully saturated rings. The number of hydrogen-bond acceptors (Lipinski definition) is 5. The van der Waals surface area contributed by atoms with Gasteiger partial charge in [0.05, 0.1) is 6.20 Å². The standard InChI is InChI=1S/C24H32N4O3/c1-26-14-16-28(17-15-26)24(30)20-10-12-27(13-11-20)23(29)9-5-8-22-25-18-21(31-22)19-6-3-2-4-7-19/h2-4,6-7,18,20H,5,8-17H2,1H3. The third kappa shape index (κ3) is 5.53. The minimum Gasteiger partial charge on any atom is -0.441 e. The maximum Gasteiger partial charge on any atom is 0.225 e. The van der Waals surface area contributed by atoms with Crippen LogP contribution in [0.2, 0.25) is 0 Å². The smallest absolute Gasteiger partial charge is 0.225 e. The molecular weight excluding hydrogens is 392 g/mol. The number of piperidine rings is 1. The number of likely N-dealkylation sites (tertiary alicyclic amines) is 1. The number of benzene rings is 1. The summed E-state index contributed by atoms with van der Waals surface area (Å²) in [7, 11) is 2.09. The molecule has 2 aliphatic rings. The monoisotopic (exact) mass is 424 g/mol. The average molecular weight is 425 g/mol. The summed E-state index contributed by atoms with van der Waals surface area (Å²) in [5.74, 6) is 1.94. The number of piperazine rings is 1. The molecule has 7 nitrogen and oxygen atoms in total. The van der Waals surface area contributed by atoms with E-state index in [-0.39, 0.29) is 17.7 Å². The lowest BCUT2D eigenvalue weighted by molar-refractivity contribution is -0.142. The van der Waals surface area contributed by atoms with Crippen molar-refractivity contribution < 1.29 is 14.0 Å². The van der Waals surface area contributed by atoms with Crippen LogP contribution >= 0.6 is 0 Å². The number of carbonyl (C=O) groups excluding carboxylic acids is 2. The number of aromatic nitrogens is 1. The lowest BCUT2D eigenvalue weighted by Crippen LogP contribution is -2.51. The van der Waals surface area contributed by atoms with Crippen LogP contribution in [0.5, 0.6) is 0 Å². The Balaban J connectivity index is 1.18. The zero-order chi connectivity index (χ0) is 21.6. The number of rotatable bonds is 6. The molecular formula is C24H32N4O3. The van der Waals surface area contributed by atoms with Crippen LogP contribution in [0.1, 0.15) is 31.6 Å². The highest BCUT2D eigenvalue weighted by molar-refractivity contribution is 5.80. The quantitative estimate of drug-likeness (QED) is 0.713. The van der Waals surface area contributed by atoms with Gasteiger partial charge in [0.2, 0.25) is 11.8 Å². The van der Waals surface area contributed by atoms with Gasteiger partial charge in [-0.05, 0) is 26.3 Å². The lowest BCUT2D eigenvalue weighted by atomic mass is 9.94. The highest BCUT2D eigenvalue weighted by Crippen LogP contribution is 2.23. The second-order valence-corrected chi connectivity index (χ2v) is 8.62. The molecule has 0 N–H and O–H groups in total. The fourth-order valence-corrected chi connectivity index (χ4v) is 4.37. The van der Waals surface area contributed by atoms with E-state index in [9.17, 15) is 9.59 Å². The van der Waals surface area contributed by atoms with Gasteiger partial charge in [0, 0.05) is 63.6 Å². The van der Waals surface area contributed by atoms with Crippen molar-refractivity contribution in [3.8, 4) is 11.3 Å². The van der Waals surface area contributed by atoms with E-state index < -0.39 is 0 Å². The minimum absolute atomic E-state index is 0.0659. The summed E-state index contributed by atoms with van der Waals surface area (Å²) in [6.07, 6.45) is 5.15. The van der Waals surface area contributed by atoms with Crippen LogP contribution in [0, 0.1) is 5.92 Å². The van der Waals surface area contributed by atoms with Gasteiger partial charge >= 0.3 is 0 Å². The normalized spacial score (nSPS) is 18.4. The van der Waals surface area contributed by atoms with Crippen molar-refractivity contribution in [2.75, 3.05) is 46.3 Å². The van der Waals surface area contributed by atoms with Crippen molar-refractivity contribution in [1.29, 1.82) is 0 Å². The van der Waals surface area contributed by atoms with Crippen LogP contribution in [0.3, 0.4) is 0 Å². The second-order valence-electron chi connectivity index (χ2n) is 8.62. The molecule has 0 atom stereocenters. The van der Waals surface area contributed by atoms with Crippen LogP contribution in [0.15, 0.2) is 40.9 Å². The molecule has 2 saturated heterocycles. The van der Waals surface area contributed by atoms with Crippen molar-refractivity contribution in [1.82, 2.24) is 19.7 Å².